The van der Waals surface area contributed by atoms with Gasteiger partial charge in [0.15, 0.2) is 5.69 Å². The van der Waals surface area contributed by atoms with E-state index in [-0.39, 0.29) is 11.3 Å². The molecule has 5 heteroatoms. The monoisotopic (exact) mass is 298 g/mol. The highest BCUT2D eigenvalue weighted by molar-refractivity contribution is 5.93. The van der Waals surface area contributed by atoms with Gasteiger partial charge in [0, 0.05) is 11.1 Å². The number of nitrogens with one attached hydrogen (secondary N) is 2. The number of hydrogen-bond acceptors (Lipinski definition) is 3. The third kappa shape index (κ3) is 4.04. The van der Waals surface area contributed by atoms with E-state index in [2.05, 4.69) is 48.4 Å². The van der Waals surface area contributed by atoms with Crippen molar-refractivity contribution in [2.24, 2.45) is 5.10 Å². The highest BCUT2D eigenvalue weighted by Crippen LogP contribution is 2.20. The van der Waals surface area contributed by atoms with Gasteiger partial charge in [0.25, 0.3) is 5.91 Å². The highest BCUT2D eigenvalue weighted by atomic mass is 16.2. The van der Waals surface area contributed by atoms with Crippen LogP contribution in [0.3, 0.4) is 0 Å². The Morgan fingerprint density at radius 2 is 2.00 bits per heavy atom. The molecule has 0 radical (unpaired) electrons. The van der Waals surface area contributed by atoms with Crippen molar-refractivity contribution in [3.63, 3.8) is 0 Å². The van der Waals surface area contributed by atoms with Crippen molar-refractivity contribution in [3.05, 3.63) is 52.8 Å². The minimum atomic E-state index is -0.326. The Morgan fingerprint density at radius 3 is 2.55 bits per heavy atom. The second-order valence-electron chi connectivity index (χ2n) is 6.21. The molecule has 0 fully saturated rings. The van der Waals surface area contributed by atoms with Crippen LogP contribution in [0.1, 0.15) is 55.0 Å². The molecule has 2 N–H and O–H groups in total. The lowest BCUT2D eigenvalue weighted by atomic mass is 9.92. The first-order valence-electron chi connectivity index (χ1n) is 7.38. The van der Waals surface area contributed by atoms with Crippen molar-refractivity contribution in [1.29, 1.82) is 0 Å². The van der Waals surface area contributed by atoms with Gasteiger partial charge < -0.3 is 0 Å². The molecule has 0 spiro atoms. The fourth-order valence-electron chi connectivity index (χ4n) is 1.88. The standard InChI is InChI=1S/C17H22N4O/c1-5-12-6-8-13(9-7-12)11-18-21-16(22)14-10-15(20-19-14)17(2,3)4/h6-11H,5H2,1-4H3,(H,19,20)(H,21,22)/b18-11+. The first-order valence-corrected chi connectivity index (χ1v) is 7.38. The molecule has 2 rings (SSSR count). The summed E-state index contributed by atoms with van der Waals surface area (Å²) in [6.45, 7) is 8.28. The van der Waals surface area contributed by atoms with Crippen LogP contribution in [0.4, 0.5) is 0 Å². The van der Waals surface area contributed by atoms with E-state index in [1.807, 2.05) is 24.3 Å². The molecule has 0 atom stereocenters. The van der Waals surface area contributed by atoms with Gasteiger partial charge in [-0.25, -0.2) is 5.43 Å². The molecule has 1 heterocycles. The summed E-state index contributed by atoms with van der Waals surface area (Å²) >= 11 is 0. The number of nitrogens with zero attached hydrogens (tertiary/aromatic N) is 2. The zero-order valence-corrected chi connectivity index (χ0v) is 13.5. The topological polar surface area (TPSA) is 70.1 Å². The van der Waals surface area contributed by atoms with Crippen LogP contribution < -0.4 is 5.43 Å². The zero-order chi connectivity index (χ0) is 16.2. The summed E-state index contributed by atoms with van der Waals surface area (Å²) in [7, 11) is 0. The number of benzene rings is 1. The van der Waals surface area contributed by atoms with Gasteiger partial charge in [0.1, 0.15) is 0 Å². The van der Waals surface area contributed by atoms with Gasteiger partial charge >= 0.3 is 0 Å². The normalized spacial score (nSPS) is 11.8. The molecule has 116 valence electrons. The number of amides is 1. The van der Waals surface area contributed by atoms with Crippen molar-refractivity contribution in [2.45, 2.75) is 39.5 Å². The summed E-state index contributed by atoms with van der Waals surface area (Å²) in [6.07, 6.45) is 2.62. The fraction of sp³-hybridized carbons (Fsp3) is 0.353. The van der Waals surface area contributed by atoms with Crippen LogP contribution in [0.5, 0.6) is 0 Å². The molecule has 22 heavy (non-hydrogen) atoms. The number of aromatic nitrogens is 2. The van der Waals surface area contributed by atoms with E-state index in [9.17, 15) is 4.79 Å². The molecule has 1 aromatic heterocycles. The maximum atomic E-state index is 12.0. The van der Waals surface area contributed by atoms with Gasteiger partial charge in [-0.3, -0.25) is 9.89 Å². The Balaban J connectivity index is 1.97. The average Bonchev–Trinajstić information content (AvgIpc) is 2.98. The first kappa shape index (κ1) is 15.9. The number of aryl methyl sites for hydroxylation is 1. The van der Waals surface area contributed by atoms with E-state index in [0.717, 1.165) is 17.7 Å². The van der Waals surface area contributed by atoms with Crippen LogP contribution in [0, 0.1) is 0 Å². The van der Waals surface area contributed by atoms with E-state index in [0.29, 0.717) is 5.69 Å². The largest absolute Gasteiger partial charge is 0.291 e. The predicted octanol–water partition coefficient (Wildman–Crippen LogP) is 3.03. The summed E-state index contributed by atoms with van der Waals surface area (Å²) in [5, 5.41) is 10.9. The minimum absolute atomic E-state index is 0.0736. The molecular formula is C17H22N4O. The van der Waals surface area contributed by atoms with Crippen LogP contribution in [0.15, 0.2) is 35.4 Å². The van der Waals surface area contributed by atoms with E-state index in [1.54, 1.807) is 12.3 Å². The van der Waals surface area contributed by atoms with Crippen molar-refractivity contribution >= 4 is 12.1 Å². The summed E-state index contributed by atoms with van der Waals surface area (Å²) in [5.41, 5.74) is 5.88. The van der Waals surface area contributed by atoms with Gasteiger partial charge in [0.2, 0.25) is 0 Å². The van der Waals surface area contributed by atoms with Crippen LogP contribution in [0.2, 0.25) is 0 Å². The average molecular weight is 298 g/mol. The van der Waals surface area contributed by atoms with Crippen LogP contribution >= 0.6 is 0 Å². The molecule has 0 aliphatic carbocycles. The highest BCUT2D eigenvalue weighted by Gasteiger charge is 2.18. The summed E-state index contributed by atoms with van der Waals surface area (Å²) in [4.78, 5) is 12.0. The van der Waals surface area contributed by atoms with Crippen LogP contribution in [-0.4, -0.2) is 22.3 Å². The first-order chi connectivity index (χ1) is 10.4. The molecule has 0 saturated heterocycles. The number of H-pyrrole nitrogens is 1. The SMILES string of the molecule is CCc1ccc(/C=N/NC(=O)c2cc(C(C)(C)C)[nH]n2)cc1. The Morgan fingerprint density at radius 1 is 1.32 bits per heavy atom. The summed E-state index contributed by atoms with van der Waals surface area (Å²) in [6, 6.07) is 9.79. The second kappa shape index (κ2) is 6.56. The van der Waals surface area contributed by atoms with Crippen molar-refractivity contribution in [3.8, 4) is 0 Å². The van der Waals surface area contributed by atoms with E-state index >= 15 is 0 Å². The van der Waals surface area contributed by atoms with Crippen LogP contribution in [0.25, 0.3) is 0 Å². The Labute approximate surface area is 130 Å². The van der Waals surface area contributed by atoms with Gasteiger partial charge in [-0.05, 0) is 23.6 Å². The van der Waals surface area contributed by atoms with Gasteiger partial charge in [0.05, 0.1) is 6.21 Å². The second-order valence-corrected chi connectivity index (χ2v) is 6.21. The molecular weight excluding hydrogens is 276 g/mol. The number of rotatable bonds is 4. The lowest BCUT2D eigenvalue weighted by Crippen LogP contribution is -2.18. The van der Waals surface area contributed by atoms with Crippen molar-refractivity contribution in [2.75, 3.05) is 0 Å². The van der Waals surface area contributed by atoms with E-state index < -0.39 is 0 Å². The van der Waals surface area contributed by atoms with Gasteiger partial charge in [-0.15, -0.1) is 0 Å². The molecule has 0 bridgehead atoms. The number of hydrogen-bond donors (Lipinski definition) is 2. The number of carbonyl (C=O) groups is 1. The number of hydrazone groups is 1. The van der Waals surface area contributed by atoms with Gasteiger partial charge in [-0.2, -0.15) is 10.2 Å². The summed E-state index contributed by atoms with van der Waals surface area (Å²) < 4.78 is 0. The molecule has 0 aliphatic rings. The Bertz CT molecular complexity index is 663. The van der Waals surface area contributed by atoms with Crippen LogP contribution in [-0.2, 0) is 11.8 Å². The zero-order valence-electron chi connectivity index (χ0n) is 13.5. The van der Waals surface area contributed by atoms with E-state index in [1.165, 1.54) is 5.56 Å². The van der Waals surface area contributed by atoms with E-state index in [4.69, 9.17) is 0 Å². The minimum Gasteiger partial charge on any atom is -0.281 e. The quantitative estimate of drug-likeness (QED) is 0.673. The maximum absolute atomic E-state index is 12.0. The Hall–Kier alpha value is -2.43. The van der Waals surface area contributed by atoms with Gasteiger partial charge in [-0.1, -0.05) is 52.0 Å². The Kier molecular flexibility index (Phi) is 4.75. The maximum Gasteiger partial charge on any atom is 0.291 e. The lowest BCUT2D eigenvalue weighted by Gasteiger charge is -2.14. The summed E-state index contributed by atoms with van der Waals surface area (Å²) in [5.74, 6) is -0.326. The lowest BCUT2D eigenvalue weighted by molar-refractivity contribution is 0.0950. The van der Waals surface area contributed by atoms with Crippen molar-refractivity contribution in [1.82, 2.24) is 15.6 Å². The molecule has 0 saturated carbocycles. The van der Waals surface area contributed by atoms with Crippen molar-refractivity contribution < 1.29 is 4.79 Å². The molecule has 2 aromatic rings. The fourth-order valence-corrected chi connectivity index (χ4v) is 1.88. The molecule has 1 aromatic carbocycles. The molecule has 0 unspecified atom stereocenters. The number of carbonyl (C=O) groups excluding carboxylic acids is 1. The third-order valence-electron chi connectivity index (χ3n) is 3.39. The smallest absolute Gasteiger partial charge is 0.281 e. The third-order valence-corrected chi connectivity index (χ3v) is 3.39. The molecule has 0 aliphatic heterocycles. The molecule has 5 nitrogen and oxygen atoms in total. The number of aromatic amines is 1. The predicted molar refractivity (Wildman–Crippen MR) is 88.2 cm³/mol. The molecule has 1 amide bonds.